The van der Waals surface area contributed by atoms with Gasteiger partial charge < -0.3 is 15.8 Å². The lowest BCUT2D eigenvalue weighted by Gasteiger charge is -2.06. The quantitative estimate of drug-likeness (QED) is 0.361. The molecule has 0 bridgehead atoms. The molecule has 0 aliphatic carbocycles. The molecule has 0 aliphatic heterocycles. The summed E-state index contributed by atoms with van der Waals surface area (Å²) in [7, 11) is 0. The summed E-state index contributed by atoms with van der Waals surface area (Å²) < 4.78 is 0. The van der Waals surface area contributed by atoms with Crippen LogP contribution in [0, 0.1) is 5.21 Å². The third-order valence-corrected chi connectivity index (χ3v) is 3.19. The van der Waals surface area contributed by atoms with Crippen LogP contribution in [0.5, 0.6) is 0 Å². The number of rotatable bonds is 14. The van der Waals surface area contributed by atoms with Gasteiger partial charge in [0.2, 0.25) is 0 Å². The average molecular weight is 244 g/mol. The van der Waals surface area contributed by atoms with E-state index in [1.54, 1.807) is 0 Å². The summed E-state index contributed by atoms with van der Waals surface area (Å²) in [4.78, 5) is 0. The van der Waals surface area contributed by atoms with Crippen LogP contribution in [0.15, 0.2) is 0 Å². The van der Waals surface area contributed by atoms with E-state index in [2.05, 4.69) is 0 Å². The van der Waals surface area contributed by atoms with Crippen molar-refractivity contribution in [3.63, 3.8) is 0 Å². The Morgan fingerprint density at radius 1 is 0.588 bits per heavy atom. The summed E-state index contributed by atoms with van der Waals surface area (Å²) in [6.45, 7) is 0.968. The number of nitrogens with one attached hydrogen (secondary N) is 1. The van der Waals surface area contributed by atoms with Gasteiger partial charge in [0.25, 0.3) is 0 Å². The van der Waals surface area contributed by atoms with Gasteiger partial charge in [-0.2, -0.15) is 0 Å². The Balaban J connectivity index is 2.85. The van der Waals surface area contributed by atoms with Gasteiger partial charge in [-0.3, -0.25) is 0 Å². The molecule has 3 nitrogen and oxygen atoms in total. The molecule has 0 aromatic rings. The zero-order valence-electron chi connectivity index (χ0n) is 11.3. The van der Waals surface area contributed by atoms with E-state index in [1.165, 1.54) is 64.2 Å². The Morgan fingerprint density at radius 3 is 1.29 bits per heavy atom. The standard InChI is InChI=1S/C14H30NO2/c16-14-12-10-8-6-4-2-1-3-5-7-9-11-13-15-17/h15-16H,1-14H2/q-1. The zero-order valence-corrected chi connectivity index (χ0v) is 11.3. The first kappa shape index (κ1) is 16.9. The van der Waals surface area contributed by atoms with Crippen molar-refractivity contribution < 1.29 is 5.11 Å². The summed E-state index contributed by atoms with van der Waals surface area (Å²) >= 11 is 0. The molecule has 104 valence electrons. The van der Waals surface area contributed by atoms with Crippen molar-refractivity contribution in [3.05, 3.63) is 5.21 Å². The fourth-order valence-electron chi connectivity index (χ4n) is 2.08. The zero-order chi connectivity index (χ0) is 12.6. The van der Waals surface area contributed by atoms with E-state index in [4.69, 9.17) is 5.11 Å². The number of hydroxylamine groups is 1. The van der Waals surface area contributed by atoms with E-state index in [1.807, 2.05) is 5.48 Å². The minimum absolute atomic E-state index is 0.349. The van der Waals surface area contributed by atoms with Crippen molar-refractivity contribution in [1.29, 1.82) is 0 Å². The van der Waals surface area contributed by atoms with Gasteiger partial charge in [0.15, 0.2) is 0 Å². The maximum Gasteiger partial charge on any atom is 0.0431 e. The van der Waals surface area contributed by atoms with Crippen LogP contribution in [0.4, 0.5) is 0 Å². The predicted octanol–water partition coefficient (Wildman–Crippen LogP) is 3.75. The Labute approximate surface area is 107 Å². The normalized spacial score (nSPS) is 10.9. The molecule has 0 spiro atoms. The summed E-state index contributed by atoms with van der Waals surface area (Å²) in [6, 6.07) is 0. The summed E-state index contributed by atoms with van der Waals surface area (Å²) in [5.41, 5.74) is 1.94. The van der Waals surface area contributed by atoms with Gasteiger partial charge in [0.05, 0.1) is 0 Å². The Hall–Kier alpha value is -0.120. The Bertz CT molecular complexity index is 117. The molecule has 2 N–H and O–H groups in total. The van der Waals surface area contributed by atoms with Crippen LogP contribution < -0.4 is 5.48 Å². The van der Waals surface area contributed by atoms with Gasteiger partial charge in [-0.1, -0.05) is 64.2 Å². The van der Waals surface area contributed by atoms with Crippen molar-refractivity contribution in [2.75, 3.05) is 13.2 Å². The van der Waals surface area contributed by atoms with Crippen molar-refractivity contribution in [2.45, 2.75) is 77.0 Å². The fourth-order valence-corrected chi connectivity index (χ4v) is 2.08. The lowest BCUT2D eigenvalue weighted by atomic mass is 10.1. The molecule has 0 saturated carbocycles. The lowest BCUT2D eigenvalue weighted by molar-refractivity contribution is 0.282. The van der Waals surface area contributed by atoms with Crippen LogP contribution in [0.2, 0.25) is 0 Å². The van der Waals surface area contributed by atoms with Gasteiger partial charge in [-0.05, 0) is 19.4 Å². The van der Waals surface area contributed by atoms with Crippen LogP contribution in [0.1, 0.15) is 77.0 Å². The van der Waals surface area contributed by atoms with E-state index in [-0.39, 0.29) is 0 Å². The fraction of sp³-hybridized carbons (Fsp3) is 1.00. The highest BCUT2D eigenvalue weighted by Gasteiger charge is 1.93. The first-order valence-corrected chi connectivity index (χ1v) is 7.37. The highest BCUT2D eigenvalue weighted by atomic mass is 16.5. The molecule has 0 unspecified atom stereocenters. The van der Waals surface area contributed by atoms with Crippen LogP contribution in [-0.4, -0.2) is 18.3 Å². The molecular formula is C14H30NO2-. The third kappa shape index (κ3) is 15.9. The van der Waals surface area contributed by atoms with Crippen LogP contribution >= 0.6 is 0 Å². The van der Waals surface area contributed by atoms with Crippen molar-refractivity contribution >= 4 is 0 Å². The second-order valence-corrected chi connectivity index (χ2v) is 4.86. The highest BCUT2D eigenvalue weighted by Crippen LogP contribution is 2.11. The number of hydrogen-bond donors (Lipinski definition) is 2. The topological polar surface area (TPSA) is 55.3 Å². The highest BCUT2D eigenvalue weighted by molar-refractivity contribution is 4.50. The smallest absolute Gasteiger partial charge is 0.0431 e. The minimum atomic E-state index is 0.349. The molecule has 0 aromatic heterocycles. The Morgan fingerprint density at radius 2 is 0.941 bits per heavy atom. The van der Waals surface area contributed by atoms with Crippen LogP contribution in [0.3, 0.4) is 0 Å². The number of aliphatic hydroxyl groups excluding tert-OH is 1. The molecule has 3 heteroatoms. The summed E-state index contributed by atoms with van der Waals surface area (Å²) in [5.74, 6) is 0. The van der Waals surface area contributed by atoms with E-state index in [9.17, 15) is 5.21 Å². The van der Waals surface area contributed by atoms with Gasteiger partial charge in [0.1, 0.15) is 0 Å². The third-order valence-electron chi connectivity index (χ3n) is 3.19. The van der Waals surface area contributed by atoms with Crippen LogP contribution in [0.25, 0.3) is 0 Å². The second kappa shape index (κ2) is 15.9. The number of unbranched alkanes of at least 4 members (excludes halogenated alkanes) is 11. The Kier molecular flexibility index (Phi) is 15.8. The predicted molar refractivity (Wildman–Crippen MR) is 73.9 cm³/mol. The van der Waals surface area contributed by atoms with E-state index < -0.39 is 0 Å². The average Bonchev–Trinajstić information content (AvgIpc) is 2.35. The number of hydrogen-bond acceptors (Lipinski definition) is 3. The second-order valence-electron chi connectivity index (χ2n) is 4.86. The maximum atomic E-state index is 9.97. The van der Waals surface area contributed by atoms with E-state index in [0.29, 0.717) is 13.2 Å². The monoisotopic (exact) mass is 244 g/mol. The molecule has 0 rings (SSSR count). The van der Waals surface area contributed by atoms with Crippen molar-refractivity contribution in [3.8, 4) is 0 Å². The molecule has 0 fully saturated rings. The SMILES string of the molecule is [O-]NCCCCCCCCCCCCCCO. The maximum absolute atomic E-state index is 9.97. The molecular weight excluding hydrogens is 214 g/mol. The van der Waals surface area contributed by atoms with Gasteiger partial charge in [0, 0.05) is 6.61 Å². The largest absolute Gasteiger partial charge is 0.788 e. The molecule has 17 heavy (non-hydrogen) atoms. The first-order valence-electron chi connectivity index (χ1n) is 7.37. The van der Waals surface area contributed by atoms with Crippen molar-refractivity contribution in [2.24, 2.45) is 0 Å². The van der Waals surface area contributed by atoms with Gasteiger partial charge in [-0.15, -0.1) is 0 Å². The molecule has 0 heterocycles. The molecule has 0 radical (unpaired) electrons. The van der Waals surface area contributed by atoms with E-state index in [0.717, 1.165) is 12.8 Å². The molecule has 0 amide bonds. The van der Waals surface area contributed by atoms with Crippen LogP contribution in [-0.2, 0) is 0 Å². The summed E-state index contributed by atoms with van der Waals surface area (Å²) in [5, 5.41) is 18.6. The summed E-state index contributed by atoms with van der Waals surface area (Å²) in [6.07, 6.45) is 15.0. The molecule has 0 aromatic carbocycles. The van der Waals surface area contributed by atoms with Gasteiger partial charge >= 0.3 is 0 Å². The molecule has 0 aliphatic rings. The van der Waals surface area contributed by atoms with Crippen molar-refractivity contribution in [1.82, 2.24) is 5.48 Å². The lowest BCUT2D eigenvalue weighted by Crippen LogP contribution is -2.04. The first-order chi connectivity index (χ1) is 8.41. The molecule has 0 atom stereocenters. The number of aliphatic hydroxyl groups is 1. The van der Waals surface area contributed by atoms with Gasteiger partial charge in [-0.25, -0.2) is 0 Å². The molecule has 0 saturated heterocycles. The van der Waals surface area contributed by atoms with E-state index >= 15 is 0 Å². The minimum Gasteiger partial charge on any atom is -0.788 e.